The molecule has 0 aliphatic heterocycles. The van der Waals surface area contributed by atoms with Crippen molar-refractivity contribution >= 4 is 65.4 Å². The van der Waals surface area contributed by atoms with Gasteiger partial charge in [0.1, 0.15) is 11.6 Å². The van der Waals surface area contributed by atoms with Gasteiger partial charge in [-0.25, -0.2) is 4.79 Å². The monoisotopic (exact) mass is 444 g/mol. The smallest absolute Gasteiger partial charge is 0.346 e. The van der Waals surface area contributed by atoms with Crippen LogP contribution >= 0.6 is 11.3 Å². The van der Waals surface area contributed by atoms with E-state index in [-0.39, 0.29) is 5.57 Å². The molecule has 4 aromatic carbocycles. The maximum absolute atomic E-state index is 11.2. The molecule has 156 valence electrons. The standard InChI is InChI=1S/C28H16N2O2S/c29-16-18(28(31)32)15-17-9-11-19(12-10-17)30-23-7-3-1-6-22(23)26-24(30)14-13-21-20-5-2-4-8-25(20)33-27(21)26/h1-15H,(H,31,32). The molecule has 0 bridgehead atoms. The Balaban J connectivity index is 1.62. The largest absolute Gasteiger partial charge is 0.477 e. The number of thiophene rings is 1. The lowest BCUT2D eigenvalue weighted by molar-refractivity contribution is -0.132. The Kier molecular flexibility index (Phi) is 4.29. The molecular formula is C28H16N2O2S. The molecule has 4 nitrogen and oxygen atoms in total. The minimum Gasteiger partial charge on any atom is -0.477 e. The molecule has 0 atom stereocenters. The zero-order valence-electron chi connectivity index (χ0n) is 17.3. The molecular weight excluding hydrogens is 428 g/mol. The van der Waals surface area contributed by atoms with E-state index in [9.17, 15) is 4.79 Å². The van der Waals surface area contributed by atoms with Crippen molar-refractivity contribution in [2.75, 3.05) is 0 Å². The number of hydrogen-bond donors (Lipinski definition) is 1. The molecule has 2 heterocycles. The van der Waals surface area contributed by atoms with Crippen LogP contribution in [0.5, 0.6) is 0 Å². The molecule has 0 amide bonds. The fourth-order valence-corrected chi connectivity index (χ4v) is 5.80. The maximum Gasteiger partial charge on any atom is 0.346 e. The van der Waals surface area contributed by atoms with Gasteiger partial charge < -0.3 is 9.67 Å². The van der Waals surface area contributed by atoms with Crippen molar-refractivity contribution in [3.63, 3.8) is 0 Å². The van der Waals surface area contributed by atoms with E-state index in [0.29, 0.717) is 5.56 Å². The summed E-state index contributed by atoms with van der Waals surface area (Å²) in [4.78, 5) is 11.2. The van der Waals surface area contributed by atoms with Crippen molar-refractivity contribution in [3.8, 4) is 11.8 Å². The second-order valence-corrected chi connectivity index (χ2v) is 8.91. The number of rotatable bonds is 3. The van der Waals surface area contributed by atoms with E-state index in [0.717, 1.165) is 16.7 Å². The van der Waals surface area contributed by atoms with Crippen LogP contribution in [0.25, 0.3) is 53.7 Å². The SMILES string of the molecule is N#CC(=Cc1ccc(-n2c3ccccc3c3c4sc5ccccc5c4ccc32)cc1)C(=O)O. The van der Waals surface area contributed by atoms with E-state index in [2.05, 4.69) is 59.2 Å². The number of carboxylic acids is 1. The highest BCUT2D eigenvalue weighted by Gasteiger charge is 2.17. The highest BCUT2D eigenvalue weighted by Crippen LogP contribution is 2.43. The van der Waals surface area contributed by atoms with Crippen LogP contribution in [-0.4, -0.2) is 15.6 Å². The van der Waals surface area contributed by atoms with Crippen LogP contribution in [0.3, 0.4) is 0 Å². The molecule has 0 aliphatic rings. The first-order valence-electron chi connectivity index (χ1n) is 10.4. The van der Waals surface area contributed by atoms with E-state index in [1.54, 1.807) is 6.07 Å². The lowest BCUT2D eigenvalue weighted by Crippen LogP contribution is -1.97. The predicted octanol–water partition coefficient (Wildman–Crippen LogP) is 7.14. The molecule has 0 fully saturated rings. The summed E-state index contributed by atoms with van der Waals surface area (Å²) in [6.45, 7) is 0. The Bertz CT molecular complexity index is 1800. The molecule has 5 heteroatoms. The Hall–Kier alpha value is -4.40. The molecule has 2 aromatic heterocycles. The first-order chi connectivity index (χ1) is 16.2. The van der Waals surface area contributed by atoms with Gasteiger partial charge in [0.25, 0.3) is 0 Å². The zero-order valence-corrected chi connectivity index (χ0v) is 18.1. The van der Waals surface area contributed by atoms with E-state index in [1.165, 1.54) is 37.0 Å². The molecule has 33 heavy (non-hydrogen) atoms. The van der Waals surface area contributed by atoms with Gasteiger partial charge in [-0.05, 0) is 42.0 Å². The Labute approximate surface area is 192 Å². The zero-order chi connectivity index (χ0) is 22.5. The number of benzene rings is 4. The number of aromatic nitrogens is 1. The molecule has 6 aromatic rings. The van der Waals surface area contributed by atoms with Crippen molar-refractivity contribution < 1.29 is 9.90 Å². The highest BCUT2D eigenvalue weighted by molar-refractivity contribution is 7.26. The first-order valence-corrected chi connectivity index (χ1v) is 11.3. The minimum atomic E-state index is -1.23. The molecule has 0 aliphatic carbocycles. The second kappa shape index (κ2) is 7.33. The van der Waals surface area contributed by atoms with E-state index >= 15 is 0 Å². The summed E-state index contributed by atoms with van der Waals surface area (Å²) < 4.78 is 4.80. The topological polar surface area (TPSA) is 66.0 Å². The molecule has 0 saturated carbocycles. The quantitative estimate of drug-likeness (QED) is 0.233. The fraction of sp³-hybridized carbons (Fsp3) is 0. The third-order valence-corrected chi connectivity index (χ3v) is 7.20. The number of fused-ring (bicyclic) bond motifs is 7. The molecule has 0 unspecified atom stereocenters. The molecule has 0 radical (unpaired) electrons. The van der Waals surface area contributed by atoms with E-state index in [1.807, 2.05) is 41.7 Å². The van der Waals surface area contributed by atoms with Gasteiger partial charge in [-0.2, -0.15) is 5.26 Å². The average Bonchev–Trinajstić information content (AvgIpc) is 3.38. The number of nitrogens with zero attached hydrogens (tertiary/aromatic N) is 2. The van der Waals surface area contributed by atoms with Crippen LogP contribution < -0.4 is 0 Å². The van der Waals surface area contributed by atoms with Gasteiger partial charge in [-0.1, -0.05) is 54.6 Å². The molecule has 1 N–H and O–H groups in total. The summed E-state index contributed by atoms with van der Waals surface area (Å²) in [5.41, 5.74) is 3.61. The van der Waals surface area contributed by atoms with Crippen molar-refractivity contribution in [1.29, 1.82) is 5.26 Å². The van der Waals surface area contributed by atoms with Crippen molar-refractivity contribution in [2.24, 2.45) is 0 Å². The molecule has 6 rings (SSSR count). The second-order valence-electron chi connectivity index (χ2n) is 7.85. The van der Waals surface area contributed by atoms with Crippen LogP contribution in [-0.2, 0) is 4.79 Å². The van der Waals surface area contributed by atoms with Crippen molar-refractivity contribution in [1.82, 2.24) is 4.57 Å². The normalized spacial score (nSPS) is 12.0. The number of carbonyl (C=O) groups is 1. The van der Waals surface area contributed by atoms with E-state index in [4.69, 9.17) is 10.4 Å². The van der Waals surface area contributed by atoms with Gasteiger partial charge in [0.05, 0.1) is 11.0 Å². The lowest BCUT2D eigenvalue weighted by Gasteiger charge is -2.08. The van der Waals surface area contributed by atoms with Gasteiger partial charge in [-0.3, -0.25) is 0 Å². The van der Waals surface area contributed by atoms with Gasteiger partial charge >= 0.3 is 5.97 Å². The van der Waals surface area contributed by atoms with Gasteiger partial charge in [0.2, 0.25) is 0 Å². The molecule has 0 saturated heterocycles. The van der Waals surface area contributed by atoms with Crippen LogP contribution in [0, 0.1) is 11.3 Å². The summed E-state index contributed by atoms with van der Waals surface area (Å²) in [5.74, 6) is -1.23. The highest BCUT2D eigenvalue weighted by atomic mass is 32.1. The Morgan fingerprint density at radius 1 is 0.848 bits per heavy atom. The first kappa shape index (κ1) is 19.3. The summed E-state index contributed by atoms with van der Waals surface area (Å²) in [5, 5.41) is 23.1. The van der Waals surface area contributed by atoms with Crippen LogP contribution in [0.2, 0.25) is 0 Å². The van der Waals surface area contributed by atoms with Crippen LogP contribution in [0.1, 0.15) is 5.56 Å². The Morgan fingerprint density at radius 2 is 1.58 bits per heavy atom. The minimum absolute atomic E-state index is 0.285. The number of para-hydroxylation sites is 1. The number of hydrogen-bond acceptors (Lipinski definition) is 3. The summed E-state index contributed by atoms with van der Waals surface area (Å²) in [6, 6.07) is 30.6. The predicted molar refractivity (Wildman–Crippen MR) is 135 cm³/mol. The summed E-state index contributed by atoms with van der Waals surface area (Å²) in [6.07, 6.45) is 1.39. The maximum atomic E-state index is 11.2. The van der Waals surface area contributed by atoms with Gasteiger partial charge in [-0.15, -0.1) is 11.3 Å². The third kappa shape index (κ3) is 2.93. The summed E-state index contributed by atoms with van der Waals surface area (Å²) >= 11 is 1.82. The number of nitriles is 1. The van der Waals surface area contributed by atoms with Crippen LogP contribution in [0.4, 0.5) is 0 Å². The lowest BCUT2D eigenvalue weighted by atomic mass is 10.1. The average molecular weight is 445 g/mol. The Morgan fingerprint density at radius 3 is 2.33 bits per heavy atom. The summed E-state index contributed by atoms with van der Waals surface area (Å²) in [7, 11) is 0. The van der Waals surface area contributed by atoms with Gasteiger partial charge in [0.15, 0.2) is 0 Å². The van der Waals surface area contributed by atoms with E-state index < -0.39 is 5.97 Å². The van der Waals surface area contributed by atoms with Crippen molar-refractivity contribution in [3.05, 3.63) is 96.1 Å². The number of aliphatic carboxylic acids is 1. The molecule has 0 spiro atoms. The van der Waals surface area contributed by atoms with Gasteiger partial charge in [0, 0.05) is 36.6 Å². The van der Waals surface area contributed by atoms with Crippen LogP contribution in [0.15, 0.2) is 90.5 Å². The number of carboxylic acid groups (broad SMARTS) is 1. The third-order valence-electron chi connectivity index (χ3n) is 5.99. The van der Waals surface area contributed by atoms with Crippen molar-refractivity contribution in [2.45, 2.75) is 0 Å². The fourth-order valence-electron chi connectivity index (χ4n) is 4.54.